The lowest BCUT2D eigenvalue weighted by molar-refractivity contribution is -0.0628. The number of hydrogen-bond acceptors (Lipinski definition) is 5. The van der Waals surface area contributed by atoms with Crippen molar-refractivity contribution in [1.82, 2.24) is 14.2 Å². The number of pyridine rings is 1. The Balaban J connectivity index is 1.32. The average molecular weight is 500 g/mol. The maximum absolute atomic E-state index is 13.7. The third-order valence-electron chi connectivity index (χ3n) is 8.74. The fraction of sp³-hybridized carbons (Fsp3) is 0.615. The lowest BCUT2D eigenvalue weighted by Crippen LogP contribution is -2.51. The number of aromatic nitrogens is 1. The van der Waals surface area contributed by atoms with E-state index in [9.17, 15) is 18.0 Å². The highest BCUT2D eigenvalue weighted by Gasteiger charge is 2.51. The van der Waals surface area contributed by atoms with Crippen LogP contribution in [0.1, 0.15) is 48.9 Å². The molecule has 1 aromatic heterocycles. The van der Waals surface area contributed by atoms with Gasteiger partial charge in [0.05, 0.1) is 23.7 Å². The summed E-state index contributed by atoms with van der Waals surface area (Å²) in [6.45, 7) is 2.00. The van der Waals surface area contributed by atoms with Gasteiger partial charge in [0.15, 0.2) is 0 Å². The van der Waals surface area contributed by atoms with Crippen LogP contribution in [0.2, 0.25) is 0 Å². The molecule has 1 aliphatic heterocycles. The summed E-state index contributed by atoms with van der Waals surface area (Å²) in [6.07, 6.45) is 7.60. The molecule has 4 aliphatic carbocycles. The molecule has 35 heavy (non-hydrogen) atoms. The number of H-pyrrole nitrogens is 1. The Morgan fingerprint density at radius 2 is 1.71 bits per heavy atom. The van der Waals surface area contributed by atoms with E-state index in [1.807, 2.05) is 7.05 Å². The second kappa shape index (κ2) is 8.42. The number of morpholine rings is 1. The zero-order valence-corrected chi connectivity index (χ0v) is 21.0. The van der Waals surface area contributed by atoms with Crippen LogP contribution in [0.5, 0.6) is 0 Å². The number of carbonyl (C=O) groups excluding carboxylic acids is 1. The molecule has 2 heterocycles. The van der Waals surface area contributed by atoms with Gasteiger partial charge in [-0.3, -0.25) is 9.59 Å². The number of rotatable bonds is 5. The van der Waals surface area contributed by atoms with Crippen molar-refractivity contribution in [3.05, 3.63) is 40.2 Å². The van der Waals surface area contributed by atoms with E-state index >= 15 is 0 Å². The van der Waals surface area contributed by atoms with Gasteiger partial charge in [0.2, 0.25) is 15.6 Å². The molecule has 0 unspecified atom stereocenters. The normalized spacial score (nSPS) is 30.6. The molecule has 4 saturated carbocycles. The molecule has 1 N–H and O–H groups in total. The van der Waals surface area contributed by atoms with Crippen molar-refractivity contribution in [3.63, 3.8) is 0 Å². The van der Waals surface area contributed by atoms with E-state index < -0.39 is 10.0 Å². The highest BCUT2D eigenvalue weighted by molar-refractivity contribution is 7.89. The van der Waals surface area contributed by atoms with Crippen LogP contribution in [0, 0.1) is 23.2 Å². The van der Waals surface area contributed by atoms with Crippen molar-refractivity contribution in [2.45, 2.75) is 43.4 Å². The summed E-state index contributed by atoms with van der Waals surface area (Å²) in [6, 6.07) is 5.92. The van der Waals surface area contributed by atoms with Gasteiger partial charge in [0.1, 0.15) is 0 Å². The van der Waals surface area contributed by atoms with E-state index in [0.717, 1.165) is 17.8 Å². The minimum absolute atomic E-state index is 0.122. The number of carbonyl (C=O) groups is 1. The zero-order valence-electron chi connectivity index (χ0n) is 20.2. The van der Waals surface area contributed by atoms with E-state index in [1.165, 1.54) is 61.0 Å². The smallest absolute Gasteiger partial charge is 0.254 e. The van der Waals surface area contributed by atoms with Crippen LogP contribution < -0.4 is 5.56 Å². The first-order valence-corrected chi connectivity index (χ1v) is 14.2. The highest BCUT2D eigenvalue weighted by atomic mass is 32.2. The monoisotopic (exact) mass is 499 g/mol. The predicted molar refractivity (Wildman–Crippen MR) is 132 cm³/mol. The fourth-order valence-electron chi connectivity index (χ4n) is 7.77. The van der Waals surface area contributed by atoms with Crippen LogP contribution in [0.4, 0.5) is 0 Å². The van der Waals surface area contributed by atoms with Crippen molar-refractivity contribution in [2.75, 3.05) is 39.9 Å². The minimum atomic E-state index is -3.73. The van der Waals surface area contributed by atoms with Crippen molar-refractivity contribution in [2.24, 2.45) is 23.2 Å². The standard InChI is InChI=1S/C26H33N3O5S/c1-28(16-26-13-17-8-18(14-26)10-19(9-17)15-26)25(31)22-12-24(30)27-23-3-2-20(11-21(22)23)35(32,33)29-4-6-34-7-5-29/h2-3,11-12,17-19H,4-10,13-16H2,1H3,(H,27,30). The molecule has 7 rings (SSSR count). The molecule has 1 aromatic carbocycles. The molecule has 0 atom stereocenters. The molecule has 0 radical (unpaired) electrons. The molecular formula is C26H33N3O5S. The maximum Gasteiger partial charge on any atom is 0.254 e. The van der Waals surface area contributed by atoms with Crippen molar-refractivity contribution in [3.8, 4) is 0 Å². The Morgan fingerprint density at radius 1 is 1.09 bits per heavy atom. The van der Waals surface area contributed by atoms with E-state index in [0.29, 0.717) is 43.8 Å². The summed E-state index contributed by atoms with van der Waals surface area (Å²) < 4.78 is 33.2. The summed E-state index contributed by atoms with van der Waals surface area (Å²) in [5, 5.41) is 0.460. The van der Waals surface area contributed by atoms with Gasteiger partial charge in [-0.05, 0) is 79.9 Å². The molecular weight excluding hydrogens is 466 g/mol. The number of nitrogens with one attached hydrogen (secondary N) is 1. The summed E-state index contributed by atoms with van der Waals surface area (Å²) in [5.74, 6) is 2.15. The summed E-state index contributed by atoms with van der Waals surface area (Å²) in [7, 11) is -1.90. The van der Waals surface area contributed by atoms with Crippen LogP contribution >= 0.6 is 0 Å². The Bertz CT molecular complexity index is 1290. The van der Waals surface area contributed by atoms with Gasteiger partial charge in [-0.15, -0.1) is 0 Å². The van der Waals surface area contributed by atoms with Crippen LogP contribution in [0.25, 0.3) is 10.9 Å². The lowest BCUT2D eigenvalue weighted by atomic mass is 9.49. The van der Waals surface area contributed by atoms with Gasteiger partial charge in [-0.1, -0.05) is 0 Å². The second-order valence-electron chi connectivity index (χ2n) is 11.3. The number of sulfonamides is 1. The fourth-order valence-corrected chi connectivity index (χ4v) is 9.21. The molecule has 0 spiro atoms. The molecule has 4 bridgehead atoms. The number of fused-ring (bicyclic) bond motifs is 1. The molecule has 1 amide bonds. The third kappa shape index (κ3) is 4.11. The number of hydrogen-bond donors (Lipinski definition) is 1. The van der Waals surface area contributed by atoms with E-state index in [1.54, 1.807) is 11.0 Å². The van der Waals surface area contributed by atoms with Gasteiger partial charge < -0.3 is 14.6 Å². The van der Waals surface area contributed by atoms with Crippen LogP contribution in [-0.2, 0) is 14.8 Å². The van der Waals surface area contributed by atoms with Crippen LogP contribution in [0.15, 0.2) is 34.0 Å². The molecule has 1 saturated heterocycles. The van der Waals surface area contributed by atoms with E-state index in [4.69, 9.17) is 4.74 Å². The number of ether oxygens (including phenoxy) is 1. The SMILES string of the molecule is CN(CC12CC3CC(CC(C3)C1)C2)C(=O)c1cc(=O)[nH]c2ccc(S(=O)(=O)N3CCOCC3)cc12. The lowest BCUT2D eigenvalue weighted by Gasteiger charge is -2.57. The molecule has 188 valence electrons. The summed E-state index contributed by atoms with van der Waals surface area (Å²) in [4.78, 5) is 30.7. The minimum Gasteiger partial charge on any atom is -0.379 e. The van der Waals surface area contributed by atoms with Crippen molar-refractivity contribution in [1.29, 1.82) is 0 Å². The van der Waals surface area contributed by atoms with E-state index in [-0.39, 0.29) is 27.3 Å². The topological polar surface area (TPSA) is 99.8 Å². The number of nitrogens with zero attached hydrogens (tertiary/aromatic N) is 2. The highest BCUT2D eigenvalue weighted by Crippen LogP contribution is 2.60. The van der Waals surface area contributed by atoms with Crippen molar-refractivity contribution < 1.29 is 17.9 Å². The Labute approximate surface area is 205 Å². The summed E-state index contributed by atoms with van der Waals surface area (Å²) >= 11 is 0. The Kier molecular flexibility index (Phi) is 5.58. The maximum atomic E-state index is 13.7. The molecule has 5 aliphatic rings. The Morgan fingerprint density at radius 3 is 2.34 bits per heavy atom. The van der Waals surface area contributed by atoms with Crippen LogP contribution in [-0.4, -0.2) is 68.4 Å². The molecule has 2 aromatic rings. The molecule has 9 heteroatoms. The third-order valence-corrected chi connectivity index (χ3v) is 10.6. The number of amides is 1. The first-order valence-electron chi connectivity index (χ1n) is 12.7. The predicted octanol–water partition coefficient (Wildman–Crippen LogP) is 2.84. The van der Waals surface area contributed by atoms with Gasteiger partial charge in [0.25, 0.3) is 5.91 Å². The van der Waals surface area contributed by atoms with Gasteiger partial charge in [-0.2, -0.15) is 4.31 Å². The average Bonchev–Trinajstić information content (AvgIpc) is 2.82. The van der Waals surface area contributed by atoms with Gasteiger partial charge >= 0.3 is 0 Å². The quantitative estimate of drug-likeness (QED) is 0.682. The number of aromatic amines is 1. The second-order valence-corrected chi connectivity index (χ2v) is 13.3. The number of benzene rings is 1. The van der Waals surface area contributed by atoms with E-state index in [2.05, 4.69) is 4.98 Å². The molecule has 8 nitrogen and oxygen atoms in total. The van der Waals surface area contributed by atoms with Gasteiger partial charge in [0, 0.05) is 43.7 Å². The Hall–Kier alpha value is -2.23. The first-order chi connectivity index (χ1) is 16.7. The summed E-state index contributed by atoms with van der Waals surface area (Å²) in [5.41, 5.74) is 0.536. The molecule has 5 fully saturated rings. The van der Waals surface area contributed by atoms with Gasteiger partial charge in [-0.25, -0.2) is 8.42 Å². The van der Waals surface area contributed by atoms with Crippen molar-refractivity contribution >= 4 is 26.8 Å². The first kappa shape index (κ1) is 23.2. The zero-order chi connectivity index (χ0) is 24.4. The van der Waals surface area contributed by atoms with Crippen LogP contribution in [0.3, 0.4) is 0 Å². The largest absolute Gasteiger partial charge is 0.379 e.